The van der Waals surface area contributed by atoms with Crippen LogP contribution in [0.1, 0.15) is 30.2 Å². The van der Waals surface area contributed by atoms with Crippen molar-refractivity contribution in [3.8, 4) is 0 Å². The second kappa shape index (κ2) is 4.28. The predicted octanol–water partition coefficient (Wildman–Crippen LogP) is 2.32. The Kier molecular flexibility index (Phi) is 2.83. The van der Waals surface area contributed by atoms with Crippen LogP contribution in [0.3, 0.4) is 0 Å². The average Bonchev–Trinajstić information content (AvgIpc) is 2.68. The Hall–Kier alpha value is -1.61. The zero-order valence-corrected chi connectivity index (χ0v) is 8.55. The summed E-state index contributed by atoms with van der Waals surface area (Å²) in [6.45, 7) is 1.66. The SMILES string of the molecule is CC(O)c1cnc(Cc2ccccc2)o1. The fourth-order valence-corrected chi connectivity index (χ4v) is 1.37. The van der Waals surface area contributed by atoms with Crippen LogP contribution in [-0.4, -0.2) is 10.1 Å². The number of aromatic nitrogens is 1. The molecule has 2 rings (SSSR count). The van der Waals surface area contributed by atoms with Gasteiger partial charge in [0.25, 0.3) is 0 Å². The van der Waals surface area contributed by atoms with Crippen molar-refractivity contribution >= 4 is 0 Å². The van der Waals surface area contributed by atoms with E-state index in [1.54, 1.807) is 13.1 Å². The summed E-state index contributed by atoms with van der Waals surface area (Å²) in [6.07, 6.45) is 1.64. The maximum Gasteiger partial charge on any atom is 0.198 e. The second-order valence-corrected chi connectivity index (χ2v) is 3.49. The van der Waals surface area contributed by atoms with Crippen molar-refractivity contribution in [1.29, 1.82) is 0 Å². The van der Waals surface area contributed by atoms with E-state index in [4.69, 9.17) is 4.42 Å². The third-order valence-corrected chi connectivity index (χ3v) is 2.18. The van der Waals surface area contributed by atoms with Crippen molar-refractivity contribution < 1.29 is 9.52 Å². The van der Waals surface area contributed by atoms with Gasteiger partial charge in [-0.2, -0.15) is 0 Å². The molecule has 3 heteroatoms. The Morgan fingerprint density at radius 1 is 1.33 bits per heavy atom. The minimum Gasteiger partial charge on any atom is -0.443 e. The highest BCUT2D eigenvalue weighted by Crippen LogP contribution is 2.15. The van der Waals surface area contributed by atoms with Gasteiger partial charge in [-0.25, -0.2) is 4.98 Å². The molecule has 3 nitrogen and oxygen atoms in total. The summed E-state index contributed by atoms with van der Waals surface area (Å²) in [5.41, 5.74) is 1.15. The Morgan fingerprint density at radius 2 is 2.07 bits per heavy atom. The summed E-state index contributed by atoms with van der Waals surface area (Å²) in [6, 6.07) is 9.97. The molecule has 0 aliphatic rings. The first-order valence-electron chi connectivity index (χ1n) is 4.92. The van der Waals surface area contributed by atoms with Crippen LogP contribution < -0.4 is 0 Å². The minimum atomic E-state index is -0.595. The Balaban J connectivity index is 2.12. The third-order valence-electron chi connectivity index (χ3n) is 2.18. The number of aliphatic hydroxyl groups excluding tert-OH is 1. The molecule has 0 spiro atoms. The molecule has 1 atom stereocenters. The third kappa shape index (κ3) is 2.44. The lowest BCUT2D eigenvalue weighted by molar-refractivity contribution is 0.167. The first-order chi connectivity index (χ1) is 7.25. The molecule has 0 amide bonds. The van der Waals surface area contributed by atoms with Crippen molar-refractivity contribution in [3.63, 3.8) is 0 Å². The van der Waals surface area contributed by atoms with Crippen molar-refractivity contribution in [3.05, 3.63) is 53.7 Å². The van der Waals surface area contributed by atoms with Crippen LogP contribution in [-0.2, 0) is 6.42 Å². The van der Waals surface area contributed by atoms with E-state index in [2.05, 4.69) is 4.98 Å². The van der Waals surface area contributed by atoms with E-state index in [-0.39, 0.29) is 0 Å². The molecule has 0 bridgehead atoms. The smallest absolute Gasteiger partial charge is 0.198 e. The molecule has 1 unspecified atom stereocenters. The summed E-state index contributed by atoms with van der Waals surface area (Å²) in [5.74, 6) is 1.15. The fourth-order valence-electron chi connectivity index (χ4n) is 1.37. The van der Waals surface area contributed by atoms with Crippen molar-refractivity contribution in [2.75, 3.05) is 0 Å². The van der Waals surface area contributed by atoms with Crippen molar-refractivity contribution in [2.24, 2.45) is 0 Å². The quantitative estimate of drug-likeness (QED) is 0.832. The lowest BCUT2D eigenvalue weighted by Crippen LogP contribution is -1.88. The van der Waals surface area contributed by atoms with Crippen LogP contribution in [0.5, 0.6) is 0 Å². The van der Waals surface area contributed by atoms with E-state index < -0.39 is 6.10 Å². The molecule has 0 aliphatic heterocycles. The van der Waals surface area contributed by atoms with E-state index in [9.17, 15) is 5.11 Å². The van der Waals surface area contributed by atoms with Gasteiger partial charge in [0.2, 0.25) is 0 Å². The van der Waals surface area contributed by atoms with Gasteiger partial charge in [0, 0.05) is 6.42 Å². The van der Waals surface area contributed by atoms with Gasteiger partial charge >= 0.3 is 0 Å². The number of nitrogens with zero attached hydrogens (tertiary/aromatic N) is 1. The van der Waals surface area contributed by atoms with Gasteiger partial charge in [0.15, 0.2) is 11.7 Å². The Morgan fingerprint density at radius 3 is 2.67 bits per heavy atom. The van der Waals surface area contributed by atoms with Crippen LogP contribution in [0.25, 0.3) is 0 Å². The molecule has 15 heavy (non-hydrogen) atoms. The molecule has 0 fully saturated rings. The van der Waals surface area contributed by atoms with Gasteiger partial charge in [-0.1, -0.05) is 30.3 Å². The van der Waals surface area contributed by atoms with Gasteiger partial charge in [-0.3, -0.25) is 0 Å². The number of aliphatic hydroxyl groups is 1. The zero-order valence-electron chi connectivity index (χ0n) is 8.55. The number of rotatable bonds is 3. The molecular weight excluding hydrogens is 190 g/mol. The number of hydrogen-bond acceptors (Lipinski definition) is 3. The summed E-state index contributed by atoms with van der Waals surface area (Å²) in [4.78, 5) is 4.11. The van der Waals surface area contributed by atoms with Crippen LogP contribution in [0.2, 0.25) is 0 Å². The predicted molar refractivity (Wildman–Crippen MR) is 56.4 cm³/mol. The largest absolute Gasteiger partial charge is 0.443 e. The standard InChI is InChI=1S/C12H13NO2/c1-9(14)11-8-13-12(15-11)7-10-5-3-2-4-6-10/h2-6,8-9,14H,7H2,1H3. The van der Waals surface area contributed by atoms with E-state index in [1.807, 2.05) is 30.3 Å². The normalized spacial score (nSPS) is 12.7. The van der Waals surface area contributed by atoms with Crippen molar-refractivity contribution in [2.45, 2.75) is 19.4 Å². The molecule has 1 aromatic heterocycles. The molecule has 2 aromatic rings. The highest BCUT2D eigenvalue weighted by molar-refractivity contribution is 5.18. The number of hydrogen-bond donors (Lipinski definition) is 1. The number of benzene rings is 1. The van der Waals surface area contributed by atoms with Crippen LogP contribution in [0, 0.1) is 0 Å². The maximum absolute atomic E-state index is 9.27. The maximum atomic E-state index is 9.27. The number of oxazole rings is 1. The molecular formula is C12H13NO2. The molecule has 0 radical (unpaired) electrons. The summed E-state index contributed by atoms with van der Waals surface area (Å²) in [7, 11) is 0. The summed E-state index contributed by atoms with van der Waals surface area (Å²) >= 11 is 0. The molecule has 1 aromatic carbocycles. The topological polar surface area (TPSA) is 46.3 Å². The monoisotopic (exact) mass is 203 g/mol. The molecule has 0 saturated heterocycles. The molecule has 78 valence electrons. The van der Waals surface area contributed by atoms with E-state index in [0.29, 0.717) is 18.1 Å². The first kappa shape index (κ1) is 9.93. The second-order valence-electron chi connectivity index (χ2n) is 3.49. The summed E-state index contributed by atoms with van der Waals surface area (Å²) < 4.78 is 5.39. The van der Waals surface area contributed by atoms with E-state index >= 15 is 0 Å². The molecule has 0 aliphatic carbocycles. The van der Waals surface area contributed by atoms with Crippen LogP contribution >= 0.6 is 0 Å². The minimum absolute atomic E-state index is 0.515. The van der Waals surface area contributed by atoms with Gasteiger partial charge in [-0.05, 0) is 12.5 Å². The lowest BCUT2D eigenvalue weighted by Gasteiger charge is -1.98. The van der Waals surface area contributed by atoms with Gasteiger partial charge < -0.3 is 9.52 Å². The van der Waals surface area contributed by atoms with Gasteiger partial charge in [0.05, 0.1) is 6.20 Å². The molecule has 1 N–H and O–H groups in total. The van der Waals surface area contributed by atoms with Crippen LogP contribution in [0.15, 0.2) is 40.9 Å². The Labute approximate surface area is 88.4 Å². The highest BCUT2D eigenvalue weighted by Gasteiger charge is 2.08. The lowest BCUT2D eigenvalue weighted by atomic mass is 10.2. The highest BCUT2D eigenvalue weighted by atomic mass is 16.4. The van der Waals surface area contributed by atoms with Crippen molar-refractivity contribution in [1.82, 2.24) is 4.98 Å². The van der Waals surface area contributed by atoms with Gasteiger partial charge in [-0.15, -0.1) is 0 Å². The average molecular weight is 203 g/mol. The van der Waals surface area contributed by atoms with Gasteiger partial charge in [0.1, 0.15) is 6.10 Å². The van der Waals surface area contributed by atoms with Crippen LogP contribution in [0.4, 0.5) is 0 Å². The van der Waals surface area contributed by atoms with E-state index in [1.165, 1.54) is 0 Å². The van der Waals surface area contributed by atoms with E-state index in [0.717, 1.165) is 5.56 Å². The molecule has 0 saturated carbocycles. The Bertz CT molecular complexity index is 420. The fraction of sp³-hybridized carbons (Fsp3) is 0.250. The summed E-state index contributed by atoms with van der Waals surface area (Å²) in [5, 5.41) is 9.27. The molecule has 1 heterocycles. The zero-order chi connectivity index (χ0) is 10.7. The first-order valence-corrected chi connectivity index (χ1v) is 4.92.